The summed E-state index contributed by atoms with van der Waals surface area (Å²) in [7, 11) is 0. The highest BCUT2D eigenvalue weighted by molar-refractivity contribution is 6.36. The summed E-state index contributed by atoms with van der Waals surface area (Å²) in [4.78, 5) is 2.44. The Labute approximate surface area is 381 Å². The van der Waals surface area contributed by atoms with Gasteiger partial charge in [0, 0.05) is 44.8 Å². The summed E-state index contributed by atoms with van der Waals surface area (Å²) in [6, 6.07) is 81.8. The van der Waals surface area contributed by atoms with Crippen LogP contribution in [0.2, 0.25) is 0 Å². The highest BCUT2D eigenvalue weighted by Crippen LogP contribution is 2.54. The van der Waals surface area contributed by atoms with Gasteiger partial charge in [0.25, 0.3) is 0 Å². The van der Waals surface area contributed by atoms with Crippen LogP contribution in [0.25, 0.3) is 56.4 Å². The standard InChI is InChI=1S/C62H47N3/c1-62(2)54-27-16-15-26-53(54)59-55(62)28-17-29-57(59)65(50-36-34-45(35-37-50)44-32-30-43(31-33-44)42-18-7-3-8-19-42)51-38-39-52-49(40-51)41-56(46-20-9-4-10-21-46)64-61(52)58(47-22-11-5-12-23-47)60(63)48-24-13-6-14-25-48/h3-41,63-64H,1-2H3/b61-58-,63-60?. The third-order valence-electron chi connectivity index (χ3n) is 13.1. The van der Waals surface area contributed by atoms with Crippen LogP contribution in [0.1, 0.15) is 52.8 Å². The molecule has 1 heterocycles. The molecule has 1 aliphatic heterocycles. The third kappa shape index (κ3) is 7.18. The van der Waals surface area contributed by atoms with E-state index in [1.807, 2.05) is 36.4 Å². The van der Waals surface area contributed by atoms with Crippen LogP contribution >= 0.6 is 0 Å². The minimum atomic E-state index is -0.158. The molecule has 9 aromatic rings. The van der Waals surface area contributed by atoms with Gasteiger partial charge >= 0.3 is 0 Å². The second-order valence-corrected chi connectivity index (χ2v) is 17.4. The van der Waals surface area contributed by atoms with E-state index in [4.69, 9.17) is 0 Å². The van der Waals surface area contributed by atoms with E-state index in [0.29, 0.717) is 5.71 Å². The molecule has 0 saturated heterocycles. The van der Waals surface area contributed by atoms with E-state index in [2.05, 4.69) is 224 Å². The van der Waals surface area contributed by atoms with E-state index in [-0.39, 0.29) is 5.41 Å². The Morgan fingerprint density at radius 3 is 1.60 bits per heavy atom. The molecule has 0 aromatic heterocycles. The van der Waals surface area contributed by atoms with Gasteiger partial charge in [0.1, 0.15) is 0 Å². The molecule has 2 aliphatic rings. The minimum Gasteiger partial charge on any atom is -0.354 e. The van der Waals surface area contributed by atoms with Crippen molar-refractivity contribution in [3.05, 3.63) is 269 Å². The van der Waals surface area contributed by atoms with Crippen molar-refractivity contribution in [2.45, 2.75) is 19.3 Å². The van der Waals surface area contributed by atoms with E-state index in [0.717, 1.165) is 67.4 Å². The highest BCUT2D eigenvalue weighted by Gasteiger charge is 2.38. The van der Waals surface area contributed by atoms with Crippen LogP contribution in [0.3, 0.4) is 0 Å². The predicted molar refractivity (Wildman–Crippen MR) is 274 cm³/mol. The maximum atomic E-state index is 9.77. The van der Waals surface area contributed by atoms with Crippen molar-refractivity contribution in [2.75, 3.05) is 4.90 Å². The Balaban J connectivity index is 1.10. The van der Waals surface area contributed by atoms with Crippen LogP contribution in [-0.4, -0.2) is 5.71 Å². The van der Waals surface area contributed by atoms with Gasteiger partial charge < -0.3 is 10.2 Å². The first-order valence-corrected chi connectivity index (χ1v) is 22.3. The number of allylic oxidation sites excluding steroid dienone is 1. The molecule has 1 aliphatic carbocycles. The Hall–Kier alpha value is -8.27. The Morgan fingerprint density at radius 2 is 0.954 bits per heavy atom. The molecule has 11 rings (SSSR count). The number of fused-ring (bicyclic) bond motifs is 4. The summed E-state index contributed by atoms with van der Waals surface area (Å²) in [6.45, 7) is 4.69. The number of benzene rings is 9. The maximum Gasteiger partial charge on any atom is 0.0711 e. The Morgan fingerprint density at radius 1 is 0.446 bits per heavy atom. The quantitative estimate of drug-likeness (QED) is 0.142. The van der Waals surface area contributed by atoms with Crippen LogP contribution in [0.5, 0.6) is 0 Å². The lowest BCUT2D eigenvalue weighted by atomic mass is 9.82. The fraction of sp³-hybridized carbons (Fsp3) is 0.0484. The van der Waals surface area contributed by atoms with Gasteiger partial charge in [-0.2, -0.15) is 0 Å². The van der Waals surface area contributed by atoms with Crippen molar-refractivity contribution in [1.29, 1.82) is 5.41 Å². The summed E-state index contributed by atoms with van der Waals surface area (Å²) in [5.41, 5.74) is 21.2. The largest absolute Gasteiger partial charge is 0.354 e. The Kier molecular flexibility index (Phi) is 10.0. The van der Waals surface area contributed by atoms with Crippen molar-refractivity contribution in [3.8, 4) is 33.4 Å². The molecular weight excluding hydrogens is 787 g/mol. The summed E-state index contributed by atoms with van der Waals surface area (Å²) >= 11 is 0. The molecular formula is C62H47N3. The number of rotatable bonds is 9. The predicted octanol–water partition coefficient (Wildman–Crippen LogP) is 15.8. The second-order valence-electron chi connectivity index (χ2n) is 17.4. The van der Waals surface area contributed by atoms with Crippen LogP contribution < -0.4 is 10.2 Å². The SMILES string of the molecule is CC1(C)c2ccccc2-c2c(N(c3ccc(-c4ccc(-c5ccccc5)cc4)cc3)c3ccc4c(c3)C=C(c3ccccc3)N/C4=C(\C(=N)c3ccccc3)c3ccccc3)cccc21. The van der Waals surface area contributed by atoms with Gasteiger partial charge in [-0.3, -0.25) is 5.41 Å². The molecule has 9 aromatic carbocycles. The normalized spacial score (nSPS) is 14.0. The average Bonchev–Trinajstić information content (AvgIpc) is 3.61. The molecule has 0 atom stereocenters. The number of nitrogens with one attached hydrogen (secondary N) is 2. The lowest BCUT2D eigenvalue weighted by Gasteiger charge is -2.31. The fourth-order valence-corrected chi connectivity index (χ4v) is 9.81. The molecule has 65 heavy (non-hydrogen) atoms. The second kappa shape index (κ2) is 16.5. The molecule has 3 heteroatoms. The lowest BCUT2D eigenvalue weighted by Crippen LogP contribution is -2.21. The first-order valence-electron chi connectivity index (χ1n) is 22.3. The van der Waals surface area contributed by atoms with Gasteiger partial charge in [-0.15, -0.1) is 0 Å². The summed E-state index contributed by atoms with van der Waals surface area (Å²) in [5.74, 6) is 0. The van der Waals surface area contributed by atoms with Gasteiger partial charge in [0.2, 0.25) is 0 Å². The summed E-state index contributed by atoms with van der Waals surface area (Å²) < 4.78 is 0. The molecule has 0 bridgehead atoms. The molecule has 0 unspecified atom stereocenters. The van der Waals surface area contributed by atoms with Crippen molar-refractivity contribution in [1.82, 2.24) is 5.32 Å². The smallest absolute Gasteiger partial charge is 0.0711 e. The zero-order chi connectivity index (χ0) is 43.9. The Bertz CT molecular complexity index is 3270. The molecule has 0 saturated carbocycles. The zero-order valence-electron chi connectivity index (χ0n) is 36.5. The van der Waals surface area contributed by atoms with Crippen molar-refractivity contribution < 1.29 is 0 Å². The first-order chi connectivity index (χ1) is 31.9. The number of anilines is 3. The fourth-order valence-electron chi connectivity index (χ4n) is 9.81. The van der Waals surface area contributed by atoms with E-state index >= 15 is 0 Å². The first kappa shape index (κ1) is 39.6. The monoisotopic (exact) mass is 833 g/mol. The molecule has 0 fully saturated rings. The molecule has 3 nitrogen and oxygen atoms in total. The zero-order valence-corrected chi connectivity index (χ0v) is 36.5. The third-order valence-corrected chi connectivity index (χ3v) is 13.1. The number of hydrogen-bond acceptors (Lipinski definition) is 3. The van der Waals surface area contributed by atoms with E-state index < -0.39 is 0 Å². The van der Waals surface area contributed by atoms with E-state index in [1.165, 1.54) is 38.9 Å². The van der Waals surface area contributed by atoms with Crippen LogP contribution in [0.4, 0.5) is 17.1 Å². The van der Waals surface area contributed by atoms with Crippen LogP contribution in [-0.2, 0) is 5.41 Å². The molecule has 0 spiro atoms. The highest BCUT2D eigenvalue weighted by atomic mass is 15.1. The van der Waals surface area contributed by atoms with Crippen molar-refractivity contribution in [3.63, 3.8) is 0 Å². The number of nitrogens with zero attached hydrogens (tertiary/aromatic N) is 1. The summed E-state index contributed by atoms with van der Waals surface area (Å²) in [5, 5.41) is 13.6. The van der Waals surface area contributed by atoms with Gasteiger partial charge in [-0.1, -0.05) is 214 Å². The van der Waals surface area contributed by atoms with E-state index in [1.54, 1.807) is 0 Å². The topological polar surface area (TPSA) is 39.1 Å². The molecule has 0 amide bonds. The van der Waals surface area contributed by atoms with Gasteiger partial charge in [0.05, 0.1) is 17.1 Å². The van der Waals surface area contributed by atoms with Gasteiger partial charge in [0.15, 0.2) is 0 Å². The van der Waals surface area contributed by atoms with Crippen molar-refractivity contribution >= 4 is 45.8 Å². The molecule has 0 radical (unpaired) electrons. The molecule has 310 valence electrons. The number of hydrogen-bond donors (Lipinski definition) is 2. The van der Waals surface area contributed by atoms with Gasteiger partial charge in [-0.25, -0.2) is 0 Å². The average molecular weight is 834 g/mol. The van der Waals surface area contributed by atoms with Crippen LogP contribution in [0.15, 0.2) is 231 Å². The summed E-state index contributed by atoms with van der Waals surface area (Å²) in [6.07, 6.45) is 2.26. The minimum absolute atomic E-state index is 0.158. The molecule has 2 N–H and O–H groups in total. The maximum absolute atomic E-state index is 9.77. The van der Waals surface area contributed by atoms with E-state index in [9.17, 15) is 5.41 Å². The van der Waals surface area contributed by atoms with Crippen LogP contribution in [0, 0.1) is 5.41 Å². The van der Waals surface area contributed by atoms with Gasteiger partial charge in [-0.05, 0) is 92.0 Å². The van der Waals surface area contributed by atoms with Crippen molar-refractivity contribution in [2.24, 2.45) is 0 Å². The lowest BCUT2D eigenvalue weighted by molar-refractivity contribution is 0.660.